The molecule has 1 heterocycles. The first-order valence-electron chi connectivity index (χ1n) is 7.79. The van der Waals surface area contributed by atoms with Gasteiger partial charge in [0.05, 0.1) is 6.20 Å². The van der Waals surface area contributed by atoms with Gasteiger partial charge in [-0.05, 0) is 43.4 Å². The van der Waals surface area contributed by atoms with E-state index in [-0.39, 0.29) is 0 Å². The van der Waals surface area contributed by atoms with Gasteiger partial charge >= 0.3 is 0 Å². The van der Waals surface area contributed by atoms with E-state index < -0.39 is 0 Å². The van der Waals surface area contributed by atoms with Crippen LogP contribution >= 0.6 is 0 Å². The molecule has 3 heteroatoms. The molecule has 0 amide bonds. The van der Waals surface area contributed by atoms with Gasteiger partial charge in [-0.1, -0.05) is 43.7 Å². The summed E-state index contributed by atoms with van der Waals surface area (Å²) in [5.74, 6) is 0.596. The maximum Gasteiger partial charge on any atom is 0.0521 e. The van der Waals surface area contributed by atoms with Crippen LogP contribution in [0, 0.1) is 12.8 Å². The van der Waals surface area contributed by atoms with Crippen LogP contribution < -0.4 is 5.32 Å². The second kappa shape index (κ2) is 7.41. The first-order chi connectivity index (χ1) is 10.0. The zero-order chi connectivity index (χ0) is 15.2. The Morgan fingerprint density at radius 3 is 2.57 bits per heavy atom. The Kier molecular flexibility index (Phi) is 5.57. The fraction of sp³-hybridized carbons (Fsp3) is 0.500. The summed E-state index contributed by atoms with van der Waals surface area (Å²) >= 11 is 0. The lowest BCUT2D eigenvalue weighted by molar-refractivity contribution is 0.444. The molecule has 0 spiro atoms. The Morgan fingerprint density at radius 2 is 1.95 bits per heavy atom. The van der Waals surface area contributed by atoms with Crippen molar-refractivity contribution in [3.8, 4) is 0 Å². The van der Waals surface area contributed by atoms with Crippen molar-refractivity contribution in [1.29, 1.82) is 0 Å². The van der Waals surface area contributed by atoms with E-state index in [1.165, 1.54) is 16.7 Å². The molecule has 0 aliphatic carbocycles. The van der Waals surface area contributed by atoms with Gasteiger partial charge < -0.3 is 5.32 Å². The second-order valence-corrected chi connectivity index (χ2v) is 6.35. The van der Waals surface area contributed by atoms with E-state index in [9.17, 15) is 0 Å². The Balaban J connectivity index is 2.04. The predicted molar refractivity (Wildman–Crippen MR) is 88.4 cm³/mol. The molecule has 0 aliphatic rings. The largest absolute Gasteiger partial charge is 0.314 e. The van der Waals surface area contributed by atoms with Crippen LogP contribution in [0.2, 0.25) is 0 Å². The number of aryl methyl sites for hydroxylation is 2. The quantitative estimate of drug-likeness (QED) is 0.847. The van der Waals surface area contributed by atoms with E-state index in [1.807, 2.05) is 17.9 Å². The topological polar surface area (TPSA) is 29.9 Å². The van der Waals surface area contributed by atoms with Crippen LogP contribution in [0.15, 0.2) is 36.7 Å². The van der Waals surface area contributed by atoms with Gasteiger partial charge in [0.25, 0.3) is 0 Å². The monoisotopic (exact) mass is 285 g/mol. The van der Waals surface area contributed by atoms with Crippen molar-refractivity contribution in [2.45, 2.75) is 39.7 Å². The highest BCUT2D eigenvalue weighted by molar-refractivity contribution is 5.23. The second-order valence-electron chi connectivity index (χ2n) is 6.35. The molecule has 1 atom stereocenters. The molecule has 0 bridgehead atoms. The van der Waals surface area contributed by atoms with Crippen molar-refractivity contribution in [2.75, 3.05) is 6.54 Å². The Labute approximate surface area is 128 Å². The molecule has 3 nitrogen and oxygen atoms in total. The van der Waals surface area contributed by atoms with E-state index in [1.54, 1.807) is 0 Å². The molecule has 0 saturated carbocycles. The van der Waals surface area contributed by atoms with Crippen LogP contribution in [0.3, 0.4) is 0 Å². The highest BCUT2D eigenvalue weighted by atomic mass is 15.2. The number of rotatable bonds is 7. The number of hydrogen-bond donors (Lipinski definition) is 1. The number of benzene rings is 1. The van der Waals surface area contributed by atoms with E-state index in [0.29, 0.717) is 12.0 Å². The molecule has 2 rings (SSSR count). The molecule has 1 aromatic heterocycles. The molecular weight excluding hydrogens is 258 g/mol. The van der Waals surface area contributed by atoms with Crippen LogP contribution in [0.5, 0.6) is 0 Å². The van der Waals surface area contributed by atoms with Gasteiger partial charge in [-0.2, -0.15) is 5.10 Å². The van der Waals surface area contributed by atoms with Crippen molar-refractivity contribution in [3.05, 3.63) is 53.3 Å². The van der Waals surface area contributed by atoms with E-state index in [2.05, 4.69) is 61.6 Å². The summed E-state index contributed by atoms with van der Waals surface area (Å²) in [6.45, 7) is 7.61. The van der Waals surface area contributed by atoms with Crippen LogP contribution in [0.1, 0.15) is 30.5 Å². The summed E-state index contributed by atoms with van der Waals surface area (Å²) in [5.41, 5.74) is 4.08. The number of hydrogen-bond acceptors (Lipinski definition) is 2. The van der Waals surface area contributed by atoms with Gasteiger partial charge in [-0.15, -0.1) is 0 Å². The Bertz CT molecular complexity index is 557. The minimum atomic E-state index is 0.527. The van der Waals surface area contributed by atoms with Gasteiger partial charge in [0, 0.05) is 19.3 Å². The van der Waals surface area contributed by atoms with E-state index in [4.69, 9.17) is 0 Å². The fourth-order valence-electron chi connectivity index (χ4n) is 2.70. The molecule has 1 aromatic carbocycles. The molecule has 114 valence electrons. The smallest absolute Gasteiger partial charge is 0.0521 e. The lowest BCUT2D eigenvalue weighted by atomic mass is 9.93. The lowest BCUT2D eigenvalue weighted by Crippen LogP contribution is -2.31. The van der Waals surface area contributed by atoms with Crippen molar-refractivity contribution in [2.24, 2.45) is 13.0 Å². The first-order valence-corrected chi connectivity index (χ1v) is 7.79. The molecule has 0 radical (unpaired) electrons. The van der Waals surface area contributed by atoms with Crippen molar-refractivity contribution >= 4 is 0 Å². The zero-order valence-corrected chi connectivity index (χ0v) is 13.6. The predicted octanol–water partition coefficient (Wildman–Crippen LogP) is 3.13. The lowest BCUT2D eigenvalue weighted by Gasteiger charge is -2.19. The van der Waals surface area contributed by atoms with Crippen LogP contribution in [0.25, 0.3) is 0 Å². The van der Waals surface area contributed by atoms with Gasteiger partial charge in [-0.3, -0.25) is 4.68 Å². The summed E-state index contributed by atoms with van der Waals surface area (Å²) in [7, 11) is 1.98. The summed E-state index contributed by atoms with van der Waals surface area (Å²) in [6.07, 6.45) is 6.29. The average Bonchev–Trinajstić information content (AvgIpc) is 2.81. The van der Waals surface area contributed by atoms with Crippen molar-refractivity contribution < 1.29 is 0 Å². The van der Waals surface area contributed by atoms with Crippen LogP contribution in [-0.4, -0.2) is 22.4 Å². The van der Waals surface area contributed by atoms with Crippen molar-refractivity contribution in [1.82, 2.24) is 15.1 Å². The third-order valence-electron chi connectivity index (χ3n) is 3.70. The zero-order valence-electron chi connectivity index (χ0n) is 13.6. The maximum atomic E-state index is 4.28. The number of nitrogens with zero attached hydrogens (tertiary/aromatic N) is 2. The standard InChI is InChI=1S/C18H27N3/c1-14(2)19-11-17(10-18-12-20-21(4)13-18)9-16-7-5-6-15(3)8-16/h5-8,12-14,17,19H,9-11H2,1-4H3. The highest BCUT2D eigenvalue weighted by Crippen LogP contribution is 2.15. The Morgan fingerprint density at radius 1 is 1.19 bits per heavy atom. The number of nitrogens with one attached hydrogen (secondary N) is 1. The third kappa shape index (κ3) is 5.35. The van der Waals surface area contributed by atoms with Crippen LogP contribution in [-0.2, 0) is 19.9 Å². The molecule has 1 N–H and O–H groups in total. The minimum Gasteiger partial charge on any atom is -0.314 e. The maximum absolute atomic E-state index is 4.28. The molecule has 1 unspecified atom stereocenters. The summed E-state index contributed by atoms with van der Waals surface area (Å²) < 4.78 is 1.88. The van der Waals surface area contributed by atoms with E-state index in [0.717, 1.165) is 19.4 Å². The molecule has 0 saturated heterocycles. The molecule has 21 heavy (non-hydrogen) atoms. The molecular formula is C18H27N3. The highest BCUT2D eigenvalue weighted by Gasteiger charge is 2.12. The summed E-state index contributed by atoms with van der Waals surface area (Å²) in [6, 6.07) is 9.37. The van der Waals surface area contributed by atoms with Gasteiger partial charge in [-0.25, -0.2) is 0 Å². The first kappa shape index (κ1) is 15.8. The minimum absolute atomic E-state index is 0.527. The molecule has 0 aliphatic heterocycles. The third-order valence-corrected chi connectivity index (χ3v) is 3.70. The van der Waals surface area contributed by atoms with Crippen LogP contribution in [0.4, 0.5) is 0 Å². The molecule has 2 aromatic rings. The Hall–Kier alpha value is -1.61. The van der Waals surface area contributed by atoms with E-state index >= 15 is 0 Å². The fourth-order valence-corrected chi connectivity index (χ4v) is 2.70. The summed E-state index contributed by atoms with van der Waals surface area (Å²) in [4.78, 5) is 0. The SMILES string of the molecule is Cc1cccc(CC(CNC(C)C)Cc2cnn(C)c2)c1. The normalized spacial score (nSPS) is 12.8. The molecule has 0 fully saturated rings. The van der Waals surface area contributed by atoms with Gasteiger partial charge in [0.2, 0.25) is 0 Å². The summed E-state index contributed by atoms with van der Waals surface area (Å²) in [5, 5.41) is 7.86. The number of aromatic nitrogens is 2. The van der Waals surface area contributed by atoms with Gasteiger partial charge in [0.15, 0.2) is 0 Å². The average molecular weight is 285 g/mol. The van der Waals surface area contributed by atoms with Gasteiger partial charge in [0.1, 0.15) is 0 Å². The van der Waals surface area contributed by atoms with Crippen molar-refractivity contribution in [3.63, 3.8) is 0 Å².